The molecule has 1 saturated heterocycles. The number of anilines is 3. The number of benzene rings is 1. The number of aryl methyl sites for hydroxylation is 1. The number of rotatable bonds is 4. The minimum absolute atomic E-state index is 0.105. The van der Waals surface area contributed by atoms with E-state index in [2.05, 4.69) is 25.3 Å². The van der Waals surface area contributed by atoms with E-state index in [9.17, 15) is 4.79 Å². The first kappa shape index (κ1) is 19.7. The normalized spacial score (nSPS) is 18.0. The number of amides is 1. The van der Waals surface area contributed by atoms with Crippen molar-refractivity contribution in [3.63, 3.8) is 0 Å². The van der Waals surface area contributed by atoms with Gasteiger partial charge in [-0.1, -0.05) is 6.07 Å². The summed E-state index contributed by atoms with van der Waals surface area (Å²) in [6, 6.07) is 7.84. The second kappa shape index (κ2) is 7.77. The second-order valence-electron chi connectivity index (χ2n) is 7.71. The zero-order valence-corrected chi connectivity index (χ0v) is 18.2. The van der Waals surface area contributed by atoms with E-state index in [1.165, 1.54) is 4.68 Å². The van der Waals surface area contributed by atoms with E-state index in [0.717, 1.165) is 37.2 Å². The topological polar surface area (TPSA) is 92.3 Å². The summed E-state index contributed by atoms with van der Waals surface area (Å²) in [7, 11) is 1.74. The van der Waals surface area contributed by atoms with Crippen molar-refractivity contribution in [2.75, 3.05) is 34.8 Å². The zero-order chi connectivity index (χ0) is 21.5. The van der Waals surface area contributed by atoms with Crippen LogP contribution in [-0.2, 0) is 7.05 Å². The first-order chi connectivity index (χ1) is 15.0. The number of fused-ring (bicyclic) bond motifs is 3. The summed E-state index contributed by atoms with van der Waals surface area (Å²) >= 11 is 5.14. The molecule has 2 aliphatic heterocycles. The first-order valence-corrected chi connectivity index (χ1v) is 10.8. The van der Waals surface area contributed by atoms with Gasteiger partial charge in [-0.2, -0.15) is 4.98 Å². The fraction of sp³-hybridized carbons (Fsp3) is 0.381. The highest BCUT2D eigenvalue weighted by Gasteiger charge is 2.37. The highest BCUT2D eigenvalue weighted by Crippen LogP contribution is 2.35. The Kier molecular flexibility index (Phi) is 4.93. The fourth-order valence-corrected chi connectivity index (χ4v) is 4.34. The molecule has 10 heteroatoms. The molecule has 0 radical (unpaired) electrons. The van der Waals surface area contributed by atoms with E-state index in [1.807, 2.05) is 36.1 Å². The number of nitrogens with one attached hydrogen (secondary N) is 1. The molecule has 160 valence electrons. The fourth-order valence-electron chi connectivity index (χ4n) is 4.22. The number of nitrogens with zero attached hydrogens (tertiary/aromatic N) is 6. The monoisotopic (exact) mass is 437 g/mol. The molecule has 1 N–H and O–H groups in total. The van der Waals surface area contributed by atoms with E-state index in [4.69, 9.17) is 16.6 Å². The molecule has 1 amide bonds. The van der Waals surface area contributed by atoms with Gasteiger partial charge in [0.1, 0.15) is 11.4 Å². The lowest BCUT2D eigenvalue weighted by Crippen LogP contribution is -2.39. The minimum atomic E-state index is -0.105. The number of hydrogen-bond acceptors (Lipinski definition) is 8. The standard InChI is InChI=1S/C21H23N7O2S/c1-3-22-20-23-11-16-17(24-20)27-9-5-8-15(27)12-28(19(16)29)14-7-4-6-13(10-14)18-25-26(2)21(31)30-18/h4,6-7,10-11,15H,3,5,8-9,12H2,1-2H3,(H,22,23,24). The van der Waals surface area contributed by atoms with Gasteiger partial charge in [0.05, 0.1) is 0 Å². The smallest absolute Gasteiger partial charge is 0.287 e. The lowest BCUT2D eigenvalue weighted by atomic mass is 10.1. The van der Waals surface area contributed by atoms with Gasteiger partial charge < -0.3 is 19.5 Å². The molecule has 0 aliphatic carbocycles. The van der Waals surface area contributed by atoms with Crippen LogP contribution in [0.15, 0.2) is 34.9 Å². The summed E-state index contributed by atoms with van der Waals surface area (Å²) in [6.45, 7) is 4.19. The van der Waals surface area contributed by atoms with Gasteiger partial charge in [0.25, 0.3) is 10.7 Å². The number of aromatic nitrogens is 4. The Labute approximate surface area is 184 Å². The van der Waals surface area contributed by atoms with Gasteiger partial charge in [-0.15, -0.1) is 5.10 Å². The lowest BCUT2D eigenvalue weighted by molar-refractivity contribution is 0.0988. The van der Waals surface area contributed by atoms with Crippen molar-refractivity contribution in [3.05, 3.63) is 40.9 Å². The summed E-state index contributed by atoms with van der Waals surface area (Å²) < 4.78 is 7.10. The molecular weight excluding hydrogens is 414 g/mol. The second-order valence-corrected chi connectivity index (χ2v) is 8.06. The average molecular weight is 438 g/mol. The van der Waals surface area contributed by atoms with Crippen LogP contribution in [0.25, 0.3) is 11.5 Å². The largest absolute Gasteiger partial charge is 0.409 e. The van der Waals surface area contributed by atoms with Crippen molar-refractivity contribution in [3.8, 4) is 11.5 Å². The molecule has 5 rings (SSSR count). The van der Waals surface area contributed by atoms with Gasteiger partial charge in [-0.25, -0.2) is 9.67 Å². The van der Waals surface area contributed by atoms with Crippen LogP contribution in [0.1, 0.15) is 30.1 Å². The molecule has 3 aromatic rings. The van der Waals surface area contributed by atoms with Crippen LogP contribution in [0, 0.1) is 4.84 Å². The Morgan fingerprint density at radius 3 is 3.00 bits per heavy atom. The van der Waals surface area contributed by atoms with E-state index in [1.54, 1.807) is 13.2 Å². The number of hydrogen-bond donors (Lipinski definition) is 1. The van der Waals surface area contributed by atoms with Crippen LogP contribution in [-0.4, -0.2) is 51.3 Å². The van der Waals surface area contributed by atoms with E-state index >= 15 is 0 Å². The van der Waals surface area contributed by atoms with E-state index in [0.29, 0.717) is 34.6 Å². The first-order valence-electron chi connectivity index (χ1n) is 10.4. The van der Waals surface area contributed by atoms with Crippen molar-refractivity contribution in [1.29, 1.82) is 0 Å². The minimum Gasteiger partial charge on any atom is -0.409 e. The van der Waals surface area contributed by atoms with Crippen LogP contribution in [0.4, 0.5) is 17.5 Å². The third-order valence-corrected chi connectivity index (χ3v) is 6.06. The third kappa shape index (κ3) is 3.46. The van der Waals surface area contributed by atoms with Crippen molar-refractivity contribution in [2.45, 2.75) is 25.8 Å². The molecule has 1 aromatic carbocycles. The highest BCUT2D eigenvalue weighted by molar-refractivity contribution is 7.71. The van der Waals surface area contributed by atoms with Crippen LogP contribution < -0.4 is 15.1 Å². The highest BCUT2D eigenvalue weighted by atomic mass is 32.1. The summed E-state index contributed by atoms with van der Waals surface area (Å²) in [5.74, 6) is 1.59. The van der Waals surface area contributed by atoms with Gasteiger partial charge in [0.15, 0.2) is 0 Å². The molecule has 9 nitrogen and oxygen atoms in total. The molecule has 0 saturated carbocycles. The molecule has 2 aliphatic rings. The van der Waals surface area contributed by atoms with E-state index in [-0.39, 0.29) is 11.9 Å². The molecule has 1 unspecified atom stereocenters. The molecule has 4 heterocycles. The summed E-state index contributed by atoms with van der Waals surface area (Å²) in [5, 5.41) is 7.47. The van der Waals surface area contributed by atoms with Crippen LogP contribution in [0.2, 0.25) is 0 Å². The summed E-state index contributed by atoms with van der Waals surface area (Å²) in [6.07, 6.45) is 3.72. The van der Waals surface area contributed by atoms with Crippen LogP contribution >= 0.6 is 12.2 Å². The summed E-state index contributed by atoms with van der Waals surface area (Å²) in [4.78, 5) is 27.0. The number of carbonyl (C=O) groups excluding carboxylic acids is 1. The van der Waals surface area contributed by atoms with Gasteiger partial charge in [-0.3, -0.25) is 4.79 Å². The van der Waals surface area contributed by atoms with E-state index < -0.39 is 0 Å². The predicted octanol–water partition coefficient (Wildman–Crippen LogP) is 3.26. The molecule has 1 fully saturated rings. The Bertz CT molecular complexity index is 1200. The van der Waals surface area contributed by atoms with Crippen molar-refractivity contribution >= 4 is 35.6 Å². The van der Waals surface area contributed by atoms with Crippen LogP contribution in [0.5, 0.6) is 0 Å². The molecule has 2 aromatic heterocycles. The predicted molar refractivity (Wildman–Crippen MR) is 120 cm³/mol. The Hall–Kier alpha value is -3.27. The quantitative estimate of drug-likeness (QED) is 0.622. The van der Waals surface area contributed by atoms with Crippen LogP contribution in [0.3, 0.4) is 0 Å². The van der Waals surface area contributed by atoms with Gasteiger partial charge in [0.2, 0.25) is 11.8 Å². The molecule has 0 spiro atoms. The SMILES string of the molecule is CCNc1ncc2c(n1)N1CCCC1CN(c1cccc(-c3nn(C)c(=S)o3)c1)C2=O. The molecule has 0 bridgehead atoms. The maximum atomic E-state index is 13.6. The maximum absolute atomic E-state index is 13.6. The molecular formula is C21H23N7O2S. The Morgan fingerprint density at radius 1 is 1.35 bits per heavy atom. The van der Waals surface area contributed by atoms with Gasteiger partial charge >= 0.3 is 0 Å². The Morgan fingerprint density at radius 2 is 2.23 bits per heavy atom. The van der Waals surface area contributed by atoms with Gasteiger partial charge in [-0.05, 0) is 50.2 Å². The summed E-state index contributed by atoms with van der Waals surface area (Å²) in [5.41, 5.74) is 2.07. The zero-order valence-electron chi connectivity index (χ0n) is 17.4. The average Bonchev–Trinajstić information content (AvgIpc) is 3.35. The molecule has 31 heavy (non-hydrogen) atoms. The van der Waals surface area contributed by atoms with Crippen molar-refractivity contribution in [1.82, 2.24) is 19.7 Å². The third-order valence-electron chi connectivity index (χ3n) is 5.72. The lowest BCUT2D eigenvalue weighted by Gasteiger charge is -2.27. The Balaban J connectivity index is 1.56. The maximum Gasteiger partial charge on any atom is 0.287 e. The van der Waals surface area contributed by atoms with Crippen molar-refractivity contribution in [2.24, 2.45) is 7.05 Å². The van der Waals surface area contributed by atoms with Crippen molar-refractivity contribution < 1.29 is 9.21 Å². The molecule has 1 atom stereocenters. The van der Waals surface area contributed by atoms with Gasteiger partial charge in [0, 0.05) is 50.2 Å². The number of carbonyl (C=O) groups is 1.